The maximum absolute atomic E-state index is 12.1. The van der Waals surface area contributed by atoms with Crippen LogP contribution >= 0.6 is 0 Å². The van der Waals surface area contributed by atoms with E-state index >= 15 is 0 Å². The maximum Gasteiger partial charge on any atom is 0.265 e. The number of aromatic nitrogens is 1. The molecule has 0 fully saturated rings. The molecular weight excluding hydrogens is 268 g/mol. The van der Waals surface area contributed by atoms with E-state index in [0.717, 1.165) is 5.56 Å². The normalized spacial score (nSPS) is 11.6. The Balaban J connectivity index is 1.95. The van der Waals surface area contributed by atoms with Gasteiger partial charge in [-0.25, -0.2) is 4.98 Å². The molecule has 0 saturated carbocycles. The minimum absolute atomic E-state index is 0.233. The summed E-state index contributed by atoms with van der Waals surface area (Å²) in [5.74, 6) is 0.936. The molecule has 110 valence electrons. The van der Waals surface area contributed by atoms with Gasteiger partial charge in [-0.1, -0.05) is 12.1 Å². The lowest BCUT2D eigenvalue weighted by molar-refractivity contribution is -0.122. The van der Waals surface area contributed by atoms with Gasteiger partial charge in [-0.15, -0.1) is 0 Å². The average molecular weight is 286 g/mol. The first-order valence-corrected chi connectivity index (χ1v) is 6.62. The minimum Gasteiger partial charge on any atom is -0.481 e. The minimum atomic E-state index is -0.603. The molecule has 0 aliphatic rings. The number of hydrogen-bond donors (Lipinski definition) is 1. The molecule has 1 amide bonds. The number of methoxy groups -OCH3 is 1. The van der Waals surface area contributed by atoms with Gasteiger partial charge in [0, 0.05) is 6.07 Å². The van der Waals surface area contributed by atoms with E-state index in [1.807, 2.05) is 31.2 Å². The summed E-state index contributed by atoms with van der Waals surface area (Å²) in [7, 11) is 1.54. The summed E-state index contributed by atoms with van der Waals surface area (Å²) < 4.78 is 10.6. The van der Waals surface area contributed by atoms with E-state index in [4.69, 9.17) is 9.47 Å². The predicted molar refractivity (Wildman–Crippen MR) is 80.7 cm³/mol. The number of nitrogens with zero attached hydrogens (tertiary/aromatic N) is 1. The summed E-state index contributed by atoms with van der Waals surface area (Å²) in [5.41, 5.74) is 1.68. The van der Waals surface area contributed by atoms with Crippen molar-refractivity contribution in [2.24, 2.45) is 0 Å². The van der Waals surface area contributed by atoms with Crippen LogP contribution < -0.4 is 14.8 Å². The molecule has 1 aromatic carbocycles. The second-order valence-corrected chi connectivity index (χ2v) is 4.66. The van der Waals surface area contributed by atoms with Gasteiger partial charge >= 0.3 is 0 Å². The Morgan fingerprint density at radius 2 is 2.10 bits per heavy atom. The van der Waals surface area contributed by atoms with Gasteiger partial charge in [-0.2, -0.15) is 0 Å². The largest absolute Gasteiger partial charge is 0.481 e. The van der Waals surface area contributed by atoms with E-state index in [2.05, 4.69) is 10.3 Å². The summed E-state index contributed by atoms with van der Waals surface area (Å²) >= 11 is 0. The molecule has 1 heterocycles. The first kappa shape index (κ1) is 14.8. The molecule has 0 saturated heterocycles. The molecule has 0 bridgehead atoms. The monoisotopic (exact) mass is 286 g/mol. The summed E-state index contributed by atoms with van der Waals surface area (Å²) in [5, 5.41) is 2.75. The third-order valence-electron chi connectivity index (χ3n) is 2.88. The second kappa shape index (κ2) is 6.74. The molecule has 2 aromatic rings. The molecule has 5 nitrogen and oxygen atoms in total. The quantitative estimate of drug-likeness (QED) is 0.918. The lowest BCUT2D eigenvalue weighted by Gasteiger charge is -2.15. The van der Waals surface area contributed by atoms with E-state index in [1.54, 1.807) is 26.2 Å². The highest BCUT2D eigenvalue weighted by molar-refractivity contribution is 5.93. The van der Waals surface area contributed by atoms with Crippen LogP contribution in [0.5, 0.6) is 11.6 Å². The Morgan fingerprint density at radius 1 is 1.29 bits per heavy atom. The van der Waals surface area contributed by atoms with Gasteiger partial charge in [0.05, 0.1) is 19.0 Å². The van der Waals surface area contributed by atoms with Crippen LogP contribution in [-0.4, -0.2) is 24.1 Å². The van der Waals surface area contributed by atoms with Crippen LogP contribution in [0.4, 0.5) is 5.69 Å². The van der Waals surface area contributed by atoms with Crippen molar-refractivity contribution in [3.05, 3.63) is 48.2 Å². The van der Waals surface area contributed by atoms with Crippen LogP contribution in [0.25, 0.3) is 0 Å². The molecular formula is C16H18N2O3. The Labute approximate surface area is 123 Å². The Hall–Kier alpha value is -2.56. The summed E-state index contributed by atoms with van der Waals surface area (Å²) in [6.07, 6.45) is 0.935. The van der Waals surface area contributed by atoms with Gasteiger partial charge < -0.3 is 14.8 Å². The van der Waals surface area contributed by atoms with Crippen molar-refractivity contribution in [1.82, 2.24) is 4.98 Å². The number of carbonyl (C=O) groups excluding carboxylic acids is 1. The highest BCUT2D eigenvalue weighted by Gasteiger charge is 2.15. The maximum atomic E-state index is 12.1. The SMILES string of the molecule is COc1ccc(NC(=O)C(C)Oc2cccc(C)c2)cn1. The van der Waals surface area contributed by atoms with Gasteiger partial charge in [0.25, 0.3) is 5.91 Å². The molecule has 0 aliphatic carbocycles. The molecule has 0 spiro atoms. The number of aryl methyl sites for hydroxylation is 1. The third kappa shape index (κ3) is 4.21. The van der Waals surface area contributed by atoms with E-state index in [0.29, 0.717) is 17.3 Å². The molecule has 21 heavy (non-hydrogen) atoms. The van der Waals surface area contributed by atoms with Crippen LogP contribution in [0.3, 0.4) is 0 Å². The van der Waals surface area contributed by atoms with Crippen molar-refractivity contribution in [3.8, 4) is 11.6 Å². The standard InChI is InChI=1S/C16H18N2O3/c1-11-5-4-6-14(9-11)21-12(2)16(19)18-13-7-8-15(20-3)17-10-13/h4-10,12H,1-3H3,(H,18,19). The van der Waals surface area contributed by atoms with Crippen LogP contribution in [0.2, 0.25) is 0 Å². The van der Waals surface area contributed by atoms with Gasteiger partial charge in [-0.05, 0) is 37.6 Å². The number of pyridine rings is 1. The Kier molecular flexibility index (Phi) is 4.77. The molecule has 5 heteroatoms. The van der Waals surface area contributed by atoms with Crippen LogP contribution in [-0.2, 0) is 4.79 Å². The first-order chi connectivity index (χ1) is 10.1. The van der Waals surface area contributed by atoms with Gasteiger partial charge in [0.15, 0.2) is 6.10 Å². The fourth-order valence-electron chi connectivity index (χ4n) is 1.77. The zero-order valence-corrected chi connectivity index (χ0v) is 12.3. The van der Waals surface area contributed by atoms with Crippen molar-refractivity contribution >= 4 is 11.6 Å². The van der Waals surface area contributed by atoms with Crippen molar-refractivity contribution in [2.75, 3.05) is 12.4 Å². The van der Waals surface area contributed by atoms with E-state index < -0.39 is 6.10 Å². The molecule has 0 radical (unpaired) electrons. The number of nitrogens with one attached hydrogen (secondary N) is 1. The number of hydrogen-bond acceptors (Lipinski definition) is 4. The first-order valence-electron chi connectivity index (χ1n) is 6.62. The van der Waals surface area contributed by atoms with Crippen molar-refractivity contribution in [3.63, 3.8) is 0 Å². The van der Waals surface area contributed by atoms with Crippen molar-refractivity contribution in [2.45, 2.75) is 20.0 Å². The van der Waals surface area contributed by atoms with E-state index in [9.17, 15) is 4.79 Å². The van der Waals surface area contributed by atoms with Crippen molar-refractivity contribution < 1.29 is 14.3 Å². The zero-order valence-electron chi connectivity index (χ0n) is 12.3. The van der Waals surface area contributed by atoms with Crippen molar-refractivity contribution in [1.29, 1.82) is 0 Å². The fraction of sp³-hybridized carbons (Fsp3) is 0.250. The molecule has 1 N–H and O–H groups in total. The number of anilines is 1. The third-order valence-corrected chi connectivity index (χ3v) is 2.88. The highest BCUT2D eigenvalue weighted by atomic mass is 16.5. The molecule has 1 unspecified atom stereocenters. The summed E-state index contributed by atoms with van der Waals surface area (Å²) in [4.78, 5) is 16.1. The topological polar surface area (TPSA) is 60.5 Å². The fourth-order valence-corrected chi connectivity index (χ4v) is 1.77. The van der Waals surface area contributed by atoms with Gasteiger partial charge in [0.1, 0.15) is 5.75 Å². The highest BCUT2D eigenvalue weighted by Crippen LogP contribution is 2.15. The molecule has 0 aliphatic heterocycles. The smallest absolute Gasteiger partial charge is 0.265 e. The number of carbonyl (C=O) groups is 1. The molecule has 1 atom stereocenters. The average Bonchev–Trinajstić information content (AvgIpc) is 2.48. The lowest BCUT2D eigenvalue weighted by atomic mass is 10.2. The molecule has 2 rings (SSSR count). The number of rotatable bonds is 5. The number of amides is 1. The lowest BCUT2D eigenvalue weighted by Crippen LogP contribution is -2.30. The Bertz CT molecular complexity index is 611. The zero-order chi connectivity index (χ0) is 15.2. The van der Waals surface area contributed by atoms with Crippen LogP contribution in [0.1, 0.15) is 12.5 Å². The summed E-state index contributed by atoms with van der Waals surface area (Å²) in [6, 6.07) is 11.0. The van der Waals surface area contributed by atoms with Crippen LogP contribution in [0, 0.1) is 6.92 Å². The number of ether oxygens (including phenoxy) is 2. The van der Waals surface area contributed by atoms with E-state index in [1.165, 1.54) is 6.20 Å². The molecule has 1 aromatic heterocycles. The van der Waals surface area contributed by atoms with E-state index in [-0.39, 0.29) is 5.91 Å². The Morgan fingerprint density at radius 3 is 2.71 bits per heavy atom. The predicted octanol–water partition coefficient (Wildman–Crippen LogP) is 2.80. The summed E-state index contributed by atoms with van der Waals surface area (Å²) in [6.45, 7) is 3.68. The second-order valence-electron chi connectivity index (χ2n) is 4.66. The van der Waals surface area contributed by atoms with Gasteiger partial charge in [-0.3, -0.25) is 4.79 Å². The van der Waals surface area contributed by atoms with Gasteiger partial charge in [0.2, 0.25) is 5.88 Å². The van der Waals surface area contributed by atoms with Crippen LogP contribution in [0.15, 0.2) is 42.6 Å². The number of benzene rings is 1.